The second-order valence-electron chi connectivity index (χ2n) is 6.63. The van der Waals surface area contributed by atoms with Gasteiger partial charge in [0.05, 0.1) is 23.9 Å². The van der Waals surface area contributed by atoms with Gasteiger partial charge in [-0.1, -0.05) is 53.6 Å². The SMILES string of the molecule is CCOC(=O)c1cccc2c1N[C@@H](c1ccc(Cl)cc1Cl)[C@H]1CC=C[C@@H]21. The Balaban J connectivity index is 1.81. The van der Waals surface area contributed by atoms with Crippen LogP contribution in [0.25, 0.3) is 0 Å². The van der Waals surface area contributed by atoms with Gasteiger partial charge < -0.3 is 10.1 Å². The van der Waals surface area contributed by atoms with Crippen LogP contribution in [0.5, 0.6) is 0 Å². The number of allylic oxidation sites excluding steroid dienone is 2. The number of rotatable bonds is 3. The summed E-state index contributed by atoms with van der Waals surface area (Å²) in [5, 5.41) is 4.84. The lowest BCUT2D eigenvalue weighted by Gasteiger charge is -2.38. The number of fused-ring (bicyclic) bond motifs is 3. The summed E-state index contributed by atoms with van der Waals surface area (Å²) in [6.07, 6.45) is 5.40. The Kier molecular flexibility index (Phi) is 4.68. The number of carbonyl (C=O) groups excluding carboxylic acids is 1. The molecule has 134 valence electrons. The lowest BCUT2D eigenvalue weighted by Crippen LogP contribution is -2.30. The van der Waals surface area contributed by atoms with Crippen molar-refractivity contribution in [2.45, 2.75) is 25.3 Å². The molecule has 1 aliphatic carbocycles. The highest BCUT2D eigenvalue weighted by Crippen LogP contribution is 2.51. The summed E-state index contributed by atoms with van der Waals surface area (Å²) < 4.78 is 5.25. The molecule has 1 aliphatic heterocycles. The molecule has 1 N–H and O–H groups in total. The third-order valence-electron chi connectivity index (χ3n) is 5.19. The molecule has 0 fully saturated rings. The van der Waals surface area contributed by atoms with Crippen LogP contribution in [0.4, 0.5) is 5.69 Å². The maximum Gasteiger partial charge on any atom is 0.340 e. The second kappa shape index (κ2) is 6.98. The number of hydrogen-bond acceptors (Lipinski definition) is 3. The first-order chi connectivity index (χ1) is 12.6. The summed E-state index contributed by atoms with van der Waals surface area (Å²) in [4.78, 5) is 12.4. The Morgan fingerprint density at radius 3 is 2.85 bits per heavy atom. The molecule has 0 amide bonds. The van der Waals surface area contributed by atoms with E-state index in [9.17, 15) is 4.79 Å². The molecule has 2 aromatic rings. The Morgan fingerprint density at radius 2 is 2.08 bits per heavy atom. The van der Waals surface area contributed by atoms with E-state index in [1.54, 1.807) is 6.07 Å². The smallest absolute Gasteiger partial charge is 0.340 e. The van der Waals surface area contributed by atoms with Crippen LogP contribution in [0.1, 0.15) is 46.8 Å². The first-order valence-corrected chi connectivity index (χ1v) is 9.54. The van der Waals surface area contributed by atoms with Gasteiger partial charge in [-0.15, -0.1) is 0 Å². The number of hydrogen-bond donors (Lipinski definition) is 1. The number of carbonyl (C=O) groups is 1. The van der Waals surface area contributed by atoms with Gasteiger partial charge in [-0.25, -0.2) is 4.79 Å². The molecule has 0 radical (unpaired) electrons. The van der Waals surface area contributed by atoms with Gasteiger partial charge in [0, 0.05) is 16.0 Å². The zero-order valence-electron chi connectivity index (χ0n) is 14.3. The summed E-state index contributed by atoms with van der Waals surface area (Å²) in [5.74, 6) is 0.286. The van der Waals surface area contributed by atoms with Crippen LogP contribution in [-0.4, -0.2) is 12.6 Å². The lowest BCUT2D eigenvalue weighted by atomic mass is 9.76. The topological polar surface area (TPSA) is 38.3 Å². The minimum absolute atomic E-state index is 0.00263. The van der Waals surface area contributed by atoms with Gasteiger partial charge in [-0.2, -0.15) is 0 Å². The predicted octanol–water partition coefficient (Wildman–Crippen LogP) is 6.00. The average molecular weight is 388 g/mol. The molecule has 1 heterocycles. The number of nitrogens with one attached hydrogen (secondary N) is 1. The Morgan fingerprint density at radius 1 is 1.23 bits per heavy atom. The summed E-state index contributed by atoms with van der Waals surface area (Å²) >= 11 is 12.6. The van der Waals surface area contributed by atoms with Crippen molar-refractivity contribution in [1.82, 2.24) is 0 Å². The number of benzene rings is 2. The van der Waals surface area contributed by atoms with Crippen LogP contribution in [0.2, 0.25) is 10.0 Å². The first kappa shape index (κ1) is 17.4. The fourth-order valence-corrected chi connectivity index (χ4v) is 4.59. The fraction of sp³-hybridized carbons (Fsp3) is 0.286. The van der Waals surface area contributed by atoms with E-state index in [0.717, 1.165) is 23.2 Å². The van der Waals surface area contributed by atoms with Gasteiger partial charge >= 0.3 is 5.97 Å². The highest BCUT2D eigenvalue weighted by atomic mass is 35.5. The van der Waals surface area contributed by atoms with Crippen molar-refractivity contribution in [3.8, 4) is 0 Å². The van der Waals surface area contributed by atoms with E-state index in [1.165, 1.54) is 0 Å². The van der Waals surface area contributed by atoms with E-state index < -0.39 is 0 Å². The molecular weight excluding hydrogens is 369 g/mol. The molecule has 0 unspecified atom stereocenters. The van der Waals surface area contributed by atoms with Gasteiger partial charge in [-0.05, 0) is 48.6 Å². The van der Waals surface area contributed by atoms with E-state index in [-0.39, 0.29) is 17.9 Å². The molecule has 5 heteroatoms. The maximum absolute atomic E-state index is 12.4. The van der Waals surface area contributed by atoms with Crippen LogP contribution in [-0.2, 0) is 4.74 Å². The number of esters is 1. The average Bonchev–Trinajstić information content (AvgIpc) is 3.11. The van der Waals surface area contributed by atoms with Crippen molar-refractivity contribution < 1.29 is 9.53 Å². The van der Waals surface area contributed by atoms with E-state index >= 15 is 0 Å². The van der Waals surface area contributed by atoms with Crippen molar-refractivity contribution in [3.63, 3.8) is 0 Å². The molecule has 3 atom stereocenters. The van der Waals surface area contributed by atoms with Crippen molar-refractivity contribution in [1.29, 1.82) is 0 Å². The third kappa shape index (κ3) is 2.89. The Labute approximate surface area is 163 Å². The molecule has 2 aliphatic rings. The van der Waals surface area contributed by atoms with Gasteiger partial charge in [0.2, 0.25) is 0 Å². The van der Waals surface area contributed by atoms with E-state index in [4.69, 9.17) is 27.9 Å². The van der Waals surface area contributed by atoms with E-state index in [1.807, 2.05) is 31.2 Å². The Bertz CT molecular complexity index is 894. The maximum atomic E-state index is 12.4. The highest BCUT2D eigenvalue weighted by Gasteiger charge is 2.40. The Hall–Kier alpha value is -1.97. The molecule has 0 saturated carbocycles. The molecule has 3 nitrogen and oxygen atoms in total. The molecule has 0 bridgehead atoms. The van der Waals surface area contributed by atoms with Crippen LogP contribution in [0.3, 0.4) is 0 Å². The third-order valence-corrected chi connectivity index (χ3v) is 5.75. The summed E-state index contributed by atoms with van der Waals surface area (Å²) in [5.41, 5.74) is 3.54. The fourth-order valence-electron chi connectivity index (χ4n) is 4.06. The standard InChI is InChI=1S/C21H19Cl2NO2/c1-2-26-21(25)17-8-4-7-15-13-5-3-6-14(13)19(24-20(15)17)16-10-9-12(22)11-18(16)23/h3-5,7-11,13-14,19,24H,2,6H2,1H3/t13-,14+,19-/m1/s1. The highest BCUT2D eigenvalue weighted by molar-refractivity contribution is 6.35. The molecule has 0 spiro atoms. The quantitative estimate of drug-likeness (QED) is 0.518. The van der Waals surface area contributed by atoms with Crippen molar-refractivity contribution in [2.75, 3.05) is 11.9 Å². The predicted molar refractivity (Wildman–Crippen MR) is 105 cm³/mol. The van der Waals surface area contributed by atoms with Crippen LogP contribution < -0.4 is 5.32 Å². The summed E-state index contributed by atoms with van der Waals surface area (Å²) in [6.45, 7) is 2.16. The minimum Gasteiger partial charge on any atom is -0.462 e. The molecule has 26 heavy (non-hydrogen) atoms. The summed E-state index contributed by atoms with van der Waals surface area (Å²) in [7, 11) is 0. The molecule has 0 saturated heterocycles. The van der Waals surface area contributed by atoms with Crippen molar-refractivity contribution >= 4 is 34.9 Å². The first-order valence-electron chi connectivity index (χ1n) is 8.78. The molecule has 0 aromatic heterocycles. The zero-order chi connectivity index (χ0) is 18.3. The molecule has 4 rings (SSSR count). The van der Waals surface area contributed by atoms with Crippen LogP contribution in [0, 0.1) is 5.92 Å². The monoisotopic (exact) mass is 387 g/mol. The summed E-state index contributed by atoms with van der Waals surface area (Å²) in [6, 6.07) is 11.4. The number of halogens is 2. The van der Waals surface area contributed by atoms with Crippen LogP contribution >= 0.6 is 23.2 Å². The van der Waals surface area contributed by atoms with Crippen molar-refractivity contribution in [3.05, 3.63) is 75.3 Å². The van der Waals surface area contributed by atoms with E-state index in [0.29, 0.717) is 28.1 Å². The van der Waals surface area contributed by atoms with Crippen LogP contribution in [0.15, 0.2) is 48.6 Å². The second-order valence-corrected chi connectivity index (χ2v) is 7.48. The van der Waals surface area contributed by atoms with Gasteiger partial charge in [0.15, 0.2) is 0 Å². The van der Waals surface area contributed by atoms with E-state index in [2.05, 4.69) is 23.5 Å². The van der Waals surface area contributed by atoms with Crippen molar-refractivity contribution in [2.24, 2.45) is 5.92 Å². The minimum atomic E-state index is -0.307. The van der Waals surface area contributed by atoms with Gasteiger partial charge in [0.25, 0.3) is 0 Å². The zero-order valence-corrected chi connectivity index (χ0v) is 15.8. The molecular formula is C21H19Cl2NO2. The lowest BCUT2D eigenvalue weighted by molar-refractivity contribution is 0.0527. The van der Waals surface area contributed by atoms with Gasteiger partial charge in [-0.3, -0.25) is 0 Å². The number of para-hydroxylation sites is 1. The normalized spacial score (nSPS) is 23.1. The van der Waals surface area contributed by atoms with Gasteiger partial charge in [0.1, 0.15) is 0 Å². The molecule has 2 aromatic carbocycles. The number of ether oxygens (including phenoxy) is 1. The number of anilines is 1. The largest absolute Gasteiger partial charge is 0.462 e.